The zero-order valence-corrected chi connectivity index (χ0v) is 26.2. The molecule has 5 aliphatic rings. The summed E-state index contributed by atoms with van der Waals surface area (Å²) in [6, 6.07) is -0.127. The Labute approximate surface area is 256 Å². The molecule has 11 atom stereocenters. The van der Waals surface area contributed by atoms with Crippen LogP contribution in [0.1, 0.15) is 91.4 Å². The van der Waals surface area contributed by atoms with Crippen molar-refractivity contribution in [3.8, 4) is 0 Å². The number of allylic oxidation sites excluding steroid dienone is 1. The number of nitrogens with two attached hydrogens (primary N) is 1. The first-order valence-corrected chi connectivity index (χ1v) is 16.9. The van der Waals surface area contributed by atoms with E-state index in [4.69, 9.17) is 19.9 Å². The smallest absolute Gasteiger partial charge is 0.481 e. The van der Waals surface area contributed by atoms with Gasteiger partial charge in [-0.05, 0) is 80.6 Å². The third kappa shape index (κ3) is 6.41. The maximum atomic E-state index is 13.9. The minimum Gasteiger partial charge on any atom is -0.481 e. The first kappa shape index (κ1) is 32.4. The summed E-state index contributed by atoms with van der Waals surface area (Å²) in [7, 11) is 0. The number of carbonyl (C=O) groups is 3. The molecule has 1 saturated heterocycles. The number of ketones is 1. The van der Waals surface area contributed by atoms with Crippen molar-refractivity contribution in [2.45, 2.75) is 110 Å². The van der Waals surface area contributed by atoms with Crippen molar-refractivity contribution in [2.75, 3.05) is 19.8 Å². The Balaban J connectivity index is 1.40. The number of rotatable bonds is 12. The highest BCUT2D eigenvalue weighted by Crippen LogP contribution is 2.64. The van der Waals surface area contributed by atoms with E-state index in [2.05, 4.69) is 20.8 Å². The van der Waals surface area contributed by atoms with Crippen LogP contribution in [0, 0.1) is 52.8 Å². The summed E-state index contributed by atoms with van der Waals surface area (Å²) in [5.74, 6) is -1.49. The molecule has 0 aromatic rings. The van der Waals surface area contributed by atoms with Gasteiger partial charge in [0.15, 0.2) is 5.78 Å². The molecule has 1 aliphatic heterocycles. The van der Waals surface area contributed by atoms with Gasteiger partial charge >= 0.3 is 12.1 Å². The lowest BCUT2D eigenvalue weighted by atomic mass is 9.45. The molecule has 5 rings (SSSR count). The second-order valence-corrected chi connectivity index (χ2v) is 14.7. The van der Waals surface area contributed by atoms with Crippen LogP contribution in [0.15, 0.2) is 11.6 Å². The van der Waals surface area contributed by atoms with Gasteiger partial charge in [0.05, 0.1) is 31.8 Å². The van der Waals surface area contributed by atoms with Gasteiger partial charge < -0.3 is 30.2 Å². The molecule has 2 bridgehead atoms. The molecule has 0 aromatic heterocycles. The Kier molecular flexibility index (Phi) is 10.2. The average molecular weight is 604 g/mol. The number of carbonyl (C=O) groups excluding carboxylic acids is 1. The van der Waals surface area contributed by atoms with E-state index >= 15 is 0 Å². The van der Waals surface area contributed by atoms with E-state index in [-0.39, 0.29) is 41.4 Å². The van der Waals surface area contributed by atoms with Crippen molar-refractivity contribution in [1.29, 1.82) is 0 Å². The molecule has 9 heteroatoms. The van der Waals surface area contributed by atoms with Crippen LogP contribution in [0.2, 0.25) is 0 Å². The van der Waals surface area contributed by atoms with Gasteiger partial charge in [-0.15, -0.1) is 0 Å². The molecule has 43 heavy (non-hydrogen) atoms. The van der Waals surface area contributed by atoms with Crippen LogP contribution in [-0.2, 0) is 23.8 Å². The van der Waals surface area contributed by atoms with Crippen molar-refractivity contribution in [1.82, 2.24) is 0 Å². The fourth-order valence-electron chi connectivity index (χ4n) is 10.0. The molecule has 0 aromatic carbocycles. The maximum absolute atomic E-state index is 13.9. The normalized spacial score (nSPS) is 39.2. The highest BCUT2D eigenvalue weighted by Gasteiger charge is 2.64. The lowest BCUT2D eigenvalue weighted by Gasteiger charge is -2.62. The van der Waals surface area contributed by atoms with Crippen LogP contribution >= 0.6 is 0 Å². The molecule has 0 radical (unpaired) electrons. The number of hydrogen-bond donors (Lipinski definition) is 3. The maximum Gasteiger partial charge on any atom is 0.506 e. The van der Waals surface area contributed by atoms with Crippen molar-refractivity contribution >= 4 is 17.9 Å². The summed E-state index contributed by atoms with van der Waals surface area (Å²) in [6.07, 6.45) is 9.40. The molecule has 4 aliphatic carbocycles. The van der Waals surface area contributed by atoms with Crippen LogP contribution in [-0.4, -0.2) is 66.2 Å². The lowest BCUT2D eigenvalue weighted by molar-refractivity contribution is -0.218. The lowest BCUT2D eigenvalue weighted by Crippen LogP contribution is -2.64. The molecular formula is C34H53NO8. The molecule has 0 amide bonds. The quantitative estimate of drug-likeness (QED) is 0.189. The number of unbranched alkanes of at least 4 members (excludes halogenated alkanes) is 3. The summed E-state index contributed by atoms with van der Waals surface area (Å²) in [5.41, 5.74) is 6.95. The summed E-state index contributed by atoms with van der Waals surface area (Å²) in [5, 5.41) is 20.0. The predicted molar refractivity (Wildman–Crippen MR) is 160 cm³/mol. The second-order valence-electron chi connectivity index (χ2n) is 14.7. The minimum absolute atomic E-state index is 0.00787. The summed E-state index contributed by atoms with van der Waals surface area (Å²) >= 11 is 0. The Morgan fingerprint density at radius 1 is 1.12 bits per heavy atom. The molecule has 3 saturated carbocycles. The fraction of sp³-hybridized carbons (Fsp3) is 0.853. The molecule has 242 valence electrons. The number of carboxylic acid groups (broad SMARTS) is 2. The zero-order chi connectivity index (χ0) is 30.9. The monoisotopic (exact) mass is 603 g/mol. The average Bonchev–Trinajstić information content (AvgIpc) is 2.94. The van der Waals surface area contributed by atoms with Crippen LogP contribution < -0.4 is 5.73 Å². The molecular weight excluding hydrogens is 550 g/mol. The molecule has 4 fully saturated rings. The van der Waals surface area contributed by atoms with Crippen molar-refractivity contribution in [3.05, 3.63) is 11.6 Å². The first-order valence-electron chi connectivity index (χ1n) is 16.9. The van der Waals surface area contributed by atoms with Gasteiger partial charge in [-0.25, -0.2) is 4.79 Å². The molecule has 0 spiro atoms. The summed E-state index contributed by atoms with van der Waals surface area (Å²) < 4.78 is 18.2. The largest absolute Gasteiger partial charge is 0.506 e. The van der Waals surface area contributed by atoms with E-state index in [1.54, 1.807) is 6.08 Å². The molecule has 7 unspecified atom stereocenters. The van der Waals surface area contributed by atoms with Gasteiger partial charge in [0.1, 0.15) is 6.10 Å². The predicted octanol–water partition coefficient (Wildman–Crippen LogP) is 5.69. The zero-order valence-electron chi connectivity index (χ0n) is 26.2. The Bertz CT molecular complexity index is 1060. The Morgan fingerprint density at radius 2 is 1.91 bits per heavy atom. The van der Waals surface area contributed by atoms with Gasteiger partial charge in [0.2, 0.25) is 0 Å². The van der Waals surface area contributed by atoms with Crippen LogP contribution in [0.4, 0.5) is 4.79 Å². The van der Waals surface area contributed by atoms with E-state index in [0.29, 0.717) is 32.2 Å². The summed E-state index contributed by atoms with van der Waals surface area (Å²) in [6.45, 7) is 7.62. The van der Waals surface area contributed by atoms with E-state index in [1.165, 1.54) is 6.42 Å². The number of hydrogen-bond acceptors (Lipinski definition) is 7. The third-order valence-corrected chi connectivity index (χ3v) is 11.6. The SMILES string of the molecule is CCCCCCC(N)CO[C@@H]1C2COC[C@@]3(C[C@H]1OC(=O)O)C1=CC(=O)C4C(CCC(CC(C)C)[C@H]4C(=O)O)C1CCC23. The second kappa shape index (κ2) is 13.6. The third-order valence-electron chi connectivity index (χ3n) is 11.6. The van der Waals surface area contributed by atoms with Gasteiger partial charge in [-0.1, -0.05) is 52.0 Å². The van der Waals surface area contributed by atoms with E-state index in [0.717, 1.165) is 63.4 Å². The van der Waals surface area contributed by atoms with Crippen molar-refractivity contribution in [2.24, 2.45) is 58.5 Å². The van der Waals surface area contributed by atoms with Crippen LogP contribution in [0.5, 0.6) is 0 Å². The van der Waals surface area contributed by atoms with Gasteiger partial charge in [-0.3, -0.25) is 9.59 Å². The fourth-order valence-corrected chi connectivity index (χ4v) is 10.0. The van der Waals surface area contributed by atoms with E-state index in [1.807, 2.05) is 0 Å². The van der Waals surface area contributed by atoms with Crippen molar-refractivity contribution in [3.63, 3.8) is 0 Å². The number of aliphatic carboxylic acids is 1. The van der Waals surface area contributed by atoms with Crippen LogP contribution in [0.25, 0.3) is 0 Å². The highest BCUT2D eigenvalue weighted by atomic mass is 16.7. The minimum atomic E-state index is -1.33. The first-order chi connectivity index (χ1) is 20.6. The Hall–Kier alpha value is -1.97. The molecule has 4 N–H and O–H groups in total. The summed E-state index contributed by atoms with van der Waals surface area (Å²) in [4.78, 5) is 38.4. The number of fused-ring (bicyclic) bond motifs is 3. The van der Waals surface area contributed by atoms with Gasteiger partial charge in [-0.2, -0.15) is 0 Å². The van der Waals surface area contributed by atoms with Gasteiger partial charge in [0, 0.05) is 23.3 Å². The van der Waals surface area contributed by atoms with E-state index < -0.39 is 41.6 Å². The van der Waals surface area contributed by atoms with Crippen molar-refractivity contribution < 1.29 is 38.8 Å². The van der Waals surface area contributed by atoms with E-state index in [9.17, 15) is 24.6 Å². The molecule has 1 heterocycles. The number of ether oxygens (including phenoxy) is 3. The number of carboxylic acids is 1. The standard InChI is InChI=1S/C34H53NO8/c1-4-5-6-7-8-21(35)16-42-31-24-17-41-18-34(15-28(31)43-33(39)40)25(24)12-11-22-23-10-9-20(13-19(2)3)29(32(37)38)30(23)27(36)14-26(22)34/h14,19-25,28-31H,4-13,15-18,35H2,1-3H3,(H,37,38)(H,39,40)/t20?,21?,22?,23?,24?,25?,28-,29-,30?,31-,34-/m1/s1. The Morgan fingerprint density at radius 3 is 2.60 bits per heavy atom. The molecule has 9 nitrogen and oxygen atoms in total. The highest BCUT2D eigenvalue weighted by molar-refractivity contribution is 5.97. The van der Waals surface area contributed by atoms with Crippen LogP contribution in [0.3, 0.4) is 0 Å². The van der Waals surface area contributed by atoms with Gasteiger partial charge in [0.25, 0.3) is 0 Å². The topological polar surface area (TPSA) is 145 Å².